The Bertz CT molecular complexity index is 810. The lowest BCUT2D eigenvalue weighted by molar-refractivity contribution is -0.131. The van der Waals surface area contributed by atoms with Gasteiger partial charge in [0.25, 0.3) is 0 Å². The van der Waals surface area contributed by atoms with Gasteiger partial charge in [-0.1, -0.05) is 37.3 Å². The highest BCUT2D eigenvalue weighted by molar-refractivity contribution is 8.04. The van der Waals surface area contributed by atoms with E-state index in [-0.39, 0.29) is 23.1 Å². The Morgan fingerprint density at radius 1 is 1.37 bits per heavy atom. The van der Waals surface area contributed by atoms with Crippen molar-refractivity contribution in [1.29, 1.82) is 5.26 Å². The molecule has 3 rings (SSSR count). The van der Waals surface area contributed by atoms with Crippen molar-refractivity contribution in [3.8, 4) is 6.07 Å². The zero-order valence-corrected chi connectivity index (χ0v) is 16.2. The highest BCUT2D eigenvalue weighted by atomic mass is 32.2. The molecule has 27 heavy (non-hydrogen) atoms. The number of hydrogen-bond acceptors (Lipinski definition) is 4. The van der Waals surface area contributed by atoms with Gasteiger partial charge in [-0.25, -0.2) is 0 Å². The number of hydrogen-bond donors (Lipinski definition) is 1. The van der Waals surface area contributed by atoms with E-state index in [2.05, 4.69) is 11.4 Å². The van der Waals surface area contributed by atoms with E-state index in [0.29, 0.717) is 25.9 Å². The summed E-state index contributed by atoms with van der Waals surface area (Å²) in [7, 11) is 0. The van der Waals surface area contributed by atoms with Crippen LogP contribution in [0.5, 0.6) is 0 Å². The number of thioether (sulfide) groups is 1. The largest absolute Gasteiger partial charge is 0.339 e. The molecule has 0 bridgehead atoms. The van der Waals surface area contributed by atoms with Crippen LogP contribution in [-0.4, -0.2) is 35.2 Å². The van der Waals surface area contributed by atoms with Crippen molar-refractivity contribution in [2.75, 3.05) is 13.1 Å². The lowest BCUT2D eigenvalue weighted by atomic mass is 9.94. The van der Waals surface area contributed by atoms with Crippen LogP contribution in [-0.2, 0) is 9.59 Å². The quantitative estimate of drug-likeness (QED) is 0.794. The fourth-order valence-corrected chi connectivity index (χ4v) is 4.82. The summed E-state index contributed by atoms with van der Waals surface area (Å²) in [5.74, 6) is -0.380. The predicted octanol–water partition coefficient (Wildman–Crippen LogP) is 3.32. The molecule has 2 aliphatic rings. The second kappa shape index (κ2) is 8.92. The fraction of sp³-hybridized carbons (Fsp3) is 0.381. The maximum absolute atomic E-state index is 12.3. The third kappa shape index (κ3) is 4.61. The molecule has 0 saturated carbocycles. The van der Waals surface area contributed by atoms with Crippen molar-refractivity contribution in [3.63, 3.8) is 0 Å². The minimum absolute atomic E-state index is 0.163. The summed E-state index contributed by atoms with van der Waals surface area (Å²) in [4.78, 5) is 27.4. The van der Waals surface area contributed by atoms with Crippen LogP contribution in [0.3, 0.4) is 0 Å². The summed E-state index contributed by atoms with van der Waals surface area (Å²) in [5.41, 5.74) is 2.03. The molecule has 0 fully saturated rings. The number of carbonyl (C=O) groups is 2. The lowest BCUT2D eigenvalue weighted by Crippen LogP contribution is -2.36. The Labute approximate surface area is 164 Å². The Morgan fingerprint density at radius 3 is 2.85 bits per heavy atom. The Morgan fingerprint density at radius 2 is 2.15 bits per heavy atom. The molecular formula is C21H23N3O2S. The molecule has 2 heterocycles. The predicted molar refractivity (Wildman–Crippen MR) is 107 cm³/mol. The number of amides is 2. The molecule has 0 aliphatic carbocycles. The van der Waals surface area contributed by atoms with Gasteiger partial charge in [0.1, 0.15) is 0 Å². The van der Waals surface area contributed by atoms with E-state index in [0.717, 1.165) is 22.5 Å². The number of nitrogens with zero attached hydrogens (tertiary/aromatic N) is 2. The second-order valence-electron chi connectivity index (χ2n) is 6.66. The average Bonchev–Trinajstić information content (AvgIpc) is 3.03. The van der Waals surface area contributed by atoms with Gasteiger partial charge in [0.05, 0.1) is 23.9 Å². The van der Waals surface area contributed by atoms with Gasteiger partial charge in [-0.3, -0.25) is 9.59 Å². The zero-order chi connectivity index (χ0) is 19.2. The van der Waals surface area contributed by atoms with Crippen molar-refractivity contribution < 1.29 is 9.59 Å². The molecule has 0 saturated heterocycles. The maximum Gasteiger partial charge on any atom is 0.244 e. The first-order chi connectivity index (χ1) is 13.1. The van der Waals surface area contributed by atoms with Gasteiger partial charge in [0, 0.05) is 23.9 Å². The van der Waals surface area contributed by atoms with Crippen molar-refractivity contribution in [2.45, 2.75) is 31.6 Å². The number of nitrogens with one attached hydrogen (secondary N) is 1. The summed E-state index contributed by atoms with van der Waals surface area (Å²) < 4.78 is 0. The molecule has 140 valence electrons. The topological polar surface area (TPSA) is 73.2 Å². The standard InChI is InChI=1S/C21H23N3O2S/c1-2-6-20(26)24-12-11-16-17(13-22)21(27-18(16)14-24)23-19(25)10-9-15-7-4-3-5-8-15/h3-5,7-10,17,21H,2,6,11-12,14H2,1H3,(H,23,25)/b10-9+. The fourth-order valence-electron chi connectivity index (χ4n) is 3.36. The first-order valence-corrected chi connectivity index (χ1v) is 10.1. The Balaban J connectivity index is 1.62. The average molecular weight is 382 g/mol. The molecular weight excluding hydrogens is 358 g/mol. The lowest BCUT2D eigenvalue weighted by Gasteiger charge is -2.28. The van der Waals surface area contributed by atoms with E-state index in [9.17, 15) is 14.9 Å². The van der Waals surface area contributed by atoms with E-state index < -0.39 is 0 Å². The molecule has 0 aromatic heterocycles. The maximum atomic E-state index is 12.3. The second-order valence-corrected chi connectivity index (χ2v) is 7.90. The summed E-state index contributed by atoms with van der Waals surface area (Å²) in [5, 5.41) is 12.3. The molecule has 1 aromatic carbocycles. The van der Waals surface area contributed by atoms with Crippen LogP contribution in [0, 0.1) is 17.2 Å². The first-order valence-electron chi connectivity index (χ1n) is 9.22. The van der Waals surface area contributed by atoms with Crippen LogP contribution >= 0.6 is 11.8 Å². The molecule has 5 nitrogen and oxygen atoms in total. The van der Waals surface area contributed by atoms with Crippen LogP contribution in [0.1, 0.15) is 31.7 Å². The van der Waals surface area contributed by atoms with Crippen molar-refractivity contribution in [1.82, 2.24) is 10.2 Å². The first kappa shape index (κ1) is 19.2. The summed E-state index contributed by atoms with van der Waals surface area (Å²) in [6, 6.07) is 11.9. The normalized spacial score (nSPS) is 21.9. The van der Waals surface area contributed by atoms with Gasteiger partial charge < -0.3 is 10.2 Å². The van der Waals surface area contributed by atoms with Crippen LogP contribution in [0.15, 0.2) is 46.9 Å². The molecule has 2 atom stereocenters. The summed E-state index contributed by atoms with van der Waals surface area (Å²) >= 11 is 1.51. The number of nitriles is 1. The van der Waals surface area contributed by atoms with Gasteiger partial charge in [0.2, 0.25) is 11.8 Å². The number of benzene rings is 1. The number of rotatable bonds is 5. The molecule has 1 N–H and O–H groups in total. The Kier molecular flexibility index (Phi) is 6.36. The van der Waals surface area contributed by atoms with Crippen LogP contribution in [0.25, 0.3) is 6.08 Å². The van der Waals surface area contributed by atoms with Crippen LogP contribution in [0.2, 0.25) is 0 Å². The van der Waals surface area contributed by atoms with E-state index >= 15 is 0 Å². The van der Waals surface area contributed by atoms with E-state index in [1.165, 1.54) is 17.8 Å². The molecule has 0 radical (unpaired) electrons. The number of carbonyl (C=O) groups excluding carboxylic acids is 2. The van der Waals surface area contributed by atoms with E-state index in [1.807, 2.05) is 42.2 Å². The molecule has 6 heteroatoms. The SMILES string of the molecule is CCCC(=O)N1CCC2=C(C1)SC(NC(=O)/C=C/c1ccccc1)C2C#N. The minimum Gasteiger partial charge on any atom is -0.339 e. The van der Waals surface area contributed by atoms with Crippen molar-refractivity contribution >= 4 is 29.7 Å². The molecule has 2 amide bonds. The van der Waals surface area contributed by atoms with Gasteiger partial charge >= 0.3 is 0 Å². The van der Waals surface area contributed by atoms with Gasteiger partial charge in [-0.2, -0.15) is 5.26 Å². The molecule has 1 aromatic rings. The highest BCUT2D eigenvalue weighted by Gasteiger charge is 2.39. The zero-order valence-electron chi connectivity index (χ0n) is 15.4. The van der Waals surface area contributed by atoms with Crippen molar-refractivity contribution in [3.05, 3.63) is 52.4 Å². The minimum atomic E-state index is -0.331. The molecule has 2 unspecified atom stereocenters. The van der Waals surface area contributed by atoms with Crippen LogP contribution in [0.4, 0.5) is 0 Å². The van der Waals surface area contributed by atoms with E-state index in [1.54, 1.807) is 6.08 Å². The van der Waals surface area contributed by atoms with E-state index in [4.69, 9.17) is 0 Å². The third-order valence-electron chi connectivity index (χ3n) is 4.76. The van der Waals surface area contributed by atoms with Crippen LogP contribution < -0.4 is 5.32 Å². The van der Waals surface area contributed by atoms with Crippen molar-refractivity contribution in [2.24, 2.45) is 5.92 Å². The monoisotopic (exact) mass is 381 g/mol. The molecule has 2 aliphatic heterocycles. The summed E-state index contributed by atoms with van der Waals surface area (Å²) in [6.45, 7) is 3.21. The van der Waals surface area contributed by atoms with Gasteiger partial charge in [0.15, 0.2) is 0 Å². The Hall–Kier alpha value is -2.52. The third-order valence-corrected chi connectivity index (χ3v) is 6.08. The van der Waals surface area contributed by atoms with Gasteiger partial charge in [-0.15, -0.1) is 11.8 Å². The smallest absolute Gasteiger partial charge is 0.244 e. The summed E-state index contributed by atoms with van der Waals surface area (Å²) in [6.07, 6.45) is 5.36. The highest BCUT2D eigenvalue weighted by Crippen LogP contribution is 2.44. The molecule has 0 spiro atoms. The van der Waals surface area contributed by atoms with Gasteiger partial charge in [-0.05, 0) is 30.1 Å².